The van der Waals surface area contributed by atoms with Gasteiger partial charge in [-0.05, 0) is 74.5 Å². The number of hydrogen-bond donors (Lipinski definition) is 2. The molecule has 0 radical (unpaired) electrons. The van der Waals surface area contributed by atoms with Crippen molar-refractivity contribution >= 4 is 0 Å². The average molecular weight is 234 g/mol. The Kier molecular flexibility index (Phi) is 2.36. The minimum atomic E-state index is 0.544. The van der Waals surface area contributed by atoms with E-state index in [0.717, 1.165) is 42.7 Å². The Hall–Kier alpha value is -0.0800. The van der Waals surface area contributed by atoms with Crippen molar-refractivity contribution < 1.29 is 0 Å². The van der Waals surface area contributed by atoms with E-state index in [-0.39, 0.29) is 0 Å². The van der Waals surface area contributed by atoms with E-state index in [0.29, 0.717) is 5.54 Å². The molecule has 3 N–H and O–H groups in total. The van der Waals surface area contributed by atoms with Crippen molar-refractivity contribution in [1.29, 1.82) is 0 Å². The monoisotopic (exact) mass is 234 g/mol. The molecule has 0 aromatic rings. The van der Waals surface area contributed by atoms with Gasteiger partial charge in [-0.2, -0.15) is 0 Å². The minimum absolute atomic E-state index is 0.544. The zero-order chi connectivity index (χ0) is 11.5. The van der Waals surface area contributed by atoms with E-state index in [1.54, 1.807) is 32.1 Å². The molecule has 0 saturated heterocycles. The van der Waals surface area contributed by atoms with Gasteiger partial charge in [0.2, 0.25) is 0 Å². The molecule has 0 amide bonds. The molecule has 0 aliphatic heterocycles. The maximum atomic E-state index is 5.68. The summed E-state index contributed by atoms with van der Waals surface area (Å²) in [6.07, 6.45) is 10.7. The summed E-state index contributed by atoms with van der Waals surface area (Å²) in [5.74, 6) is 5.37. The van der Waals surface area contributed by atoms with Gasteiger partial charge >= 0.3 is 0 Å². The Labute approximate surface area is 105 Å². The predicted molar refractivity (Wildman–Crippen MR) is 69.6 cm³/mol. The van der Waals surface area contributed by atoms with Crippen LogP contribution < -0.4 is 11.1 Å². The minimum Gasteiger partial charge on any atom is -0.329 e. The summed E-state index contributed by atoms with van der Waals surface area (Å²) in [5.41, 5.74) is 6.22. The van der Waals surface area contributed by atoms with Gasteiger partial charge < -0.3 is 11.1 Å². The molecule has 0 aromatic heterocycles. The lowest BCUT2D eigenvalue weighted by Gasteiger charge is -2.57. The van der Waals surface area contributed by atoms with Crippen molar-refractivity contribution in [2.75, 3.05) is 13.1 Å². The molecule has 0 unspecified atom stereocenters. The second kappa shape index (κ2) is 3.71. The Bertz CT molecular complexity index is 280. The smallest absolute Gasteiger partial charge is 0.0216 e. The fourth-order valence-electron chi connectivity index (χ4n) is 5.91. The second-order valence-electron chi connectivity index (χ2n) is 7.33. The fraction of sp³-hybridized carbons (Fsp3) is 1.00. The van der Waals surface area contributed by atoms with Gasteiger partial charge in [-0.1, -0.05) is 0 Å². The lowest BCUT2D eigenvalue weighted by atomic mass is 9.50. The third-order valence-corrected chi connectivity index (χ3v) is 6.27. The summed E-state index contributed by atoms with van der Waals surface area (Å²) in [6.45, 7) is 1.83. The average Bonchev–Trinajstić information content (AvgIpc) is 3.06. The topological polar surface area (TPSA) is 38.0 Å². The Morgan fingerprint density at radius 1 is 0.941 bits per heavy atom. The zero-order valence-corrected chi connectivity index (χ0v) is 10.8. The van der Waals surface area contributed by atoms with Crippen LogP contribution in [-0.2, 0) is 0 Å². The van der Waals surface area contributed by atoms with Crippen LogP contribution in [0.1, 0.15) is 44.9 Å². The molecule has 0 heterocycles. The van der Waals surface area contributed by atoms with Gasteiger partial charge in [0.25, 0.3) is 0 Å². The molecule has 0 aromatic carbocycles. The van der Waals surface area contributed by atoms with Crippen molar-refractivity contribution in [3.05, 3.63) is 0 Å². The highest BCUT2D eigenvalue weighted by Crippen LogP contribution is 2.63. The van der Waals surface area contributed by atoms with E-state index in [2.05, 4.69) is 5.32 Å². The van der Waals surface area contributed by atoms with Crippen LogP contribution in [0.25, 0.3) is 0 Å². The van der Waals surface area contributed by atoms with E-state index in [9.17, 15) is 0 Å². The quantitative estimate of drug-likeness (QED) is 0.782. The molecular formula is C15H26N2. The molecule has 5 aliphatic rings. The number of hydrogen-bond acceptors (Lipinski definition) is 2. The van der Waals surface area contributed by atoms with Crippen molar-refractivity contribution in [1.82, 2.24) is 5.32 Å². The highest BCUT2D eigenvalue weighted by molar-refractivity contribution is 5.14. The number of nitrogens with one attached hydrogen (secondary N) is 1. The van der Waals surface area contributed by atoms with Crippen molar-refractivity contribution in [3.8, 4) is 0 Å². The Balaban J connectivity index is 1.54. The molecule has 2 nitrogen and oxygen atoms in total. The van der Waals surface area contributed by atoms with E-state index < -0.39 is 0 Å². The third-order valence-electron chi connectivity index (χ3n) is 6.27. The molecular weight excluding hydrogens is 208 g/mol. The molecule has 5 rings (SSSR count). The van der Waals surface area contributed by atoms with Crippen molar-refractivity contribution in [3.63, 3.8) is 0 Å². The SMILES string of the molecule is NCCNC1(C2C3CC4CC(C3)CC2C4)CC1. The van der Waals surface area contributed by atoms with E-state index >= 15 is 0 Å². The molecule has 5 fully saturated rings. The summed E-state index contributed by atoms with van der Waals surface area (Å²) in [7, 11) is 0. The number of nitrogens with two attached hydrogens (primary N) is 1. The van der Waals surface area contributed by atoms with Gasteiger partial charge in [-0.25, -0.2) is 0 Å². The molecule has 5 aliphatic carbocycles. The maximum Gasteiger partial charge on any atom is 0.0216 e. The summed E-state index contributed by atoms with van der Waals surface area (Å²) in [5, 5.41) is 3.82. The summed E-state index contributed by atoms with van der Waals surface area (Å²) in [4.78, 5) is 0. The van der Waals surface area contributed by atoms with Gasteiger partial charge in [-0.3, -0.25) is 0 Å². The third kappa shape index (κ3) is 1.60. The zero-order valence-electron chi connectivity index (χ0n) is 10.8. The summed E-state index contributed by atoms with van der Waals surface area (Å²) < 4.78 is 0. The van der Waals surface area contributed by atoms with Gasteiger partial charge in [0.15, 0.2) is 0 Å². The Morgan fingerprint density at radius 2 is 1.53 bits per heavy atom. The van der Waals surface area contributed by atoms with Crippen LogP contribution >= 0.6 is 0 Å². The van der Waals surface area contributed by atoms with Gasteiger partial charge in [0.1, 0.15) is 0 Å². The highest BCUT2D eigenvalue weighted by atomic mass is 15.0. The molecule has 17 heavy (non-hydrogen) atoms. The lowest BCUT2D eigenvalue weighted by molar-refractivity contribution is -0.0569. The second-order valence-corrected chi connectivity index (χ2v) is 7.33. The van der Waals surface area contributed by atoms with E-state index in [1.807, 2.05) is 0 Å². The first-order chi connectivity index (χ1) is 8.31. The van der Waals surface area contributed by atoms with Crippen LogP contribution in [0.2, 0.25) is 0 Å². The fourth-order valence-corrected chi connectivity index (χ4v) is 5.91. The summed E-state index contributed by atoms with van der Waals surface area (Å²) in [6, 6.07) is 0. The van der Waals surface area contributed by atoms with E-state index in [1.165, 1.54) is 12.8 Å². The molecule has 2 heteroatoms. The predicted octanol–water partition coefficient (Wildman–Crippen LogP) is 2.14. The van der Waals surface area contributed by atoms with Crippen LogP contribution in [0.4, 0.5) is 0 Å². The summed E-state index contributed by atoms with van der Waals surface area (Å²) >= 11 is 0. The van der Waals surface area contributed by atoms with Gasteiger partial charge in [0, 0.05) is 18.6 Å². The normalized spacial score (nSPS) is 49.6. The van der Waals surface area contributed by atoms with E-state index in [4.69, 9.17) is 5.73 Å². The van der Waals surface area contributed by atoms with Crippen molar-refractivity contribution in [2.24, 2.45) is 35.3 Å². The molecule has 96 valence electrons. The van der Waals surface area contributed by atoms with Crippen LogP contribution in [0.5, 0.6) is 0 Å². The standard InChI is InChI=1S/C15H26N2/c16-3-4-17-15(1-2-15)14-12-6-10-5-11(8-12)9-13(14)7-10/h10-14,17H,1-9,16H2. The Morgan fingerprint density at radius 3 is 2.00 bits per heavy atom. The number of rotatable bonds is 4. The first-order valence-corrected chi connectivity index (χ1v) is 7.76. The first kappa shape index (κ1) is 10.8. The van der Waals surface area contributed by atoms with Gasteiger partial charge in [-0.15, -0.1) is 0 Å². The lowest BCUT2D eigenvalue weighted by Crippen LogP contribution is -2.55. The molecule has 0 spiro atoms. The maximum absolute atomic E-state index is 5.68. The highest BCUT2D eigenvalue weighted by Gasteiger charge is 2.59. The molecule has 5 saturated carbocycles. The van der Waals surface area contributed by atoms with Crippen LogP contribution in [0.15, 0.2) is 0 Å². The van der Waals surface area contributed by atoms with Crippen LogP contribution in [0, 0.1) is 29.6 Å². The molecule has 0 atom stereocenters. The largest absolute Gasteiger partial charge is 0.329 e. The van der Waals surface area contributed by atoms with Crippen molar-refractivity contribution in [2.45, 2.75) is 50.5 Å². The van der Waals surface area contributed by atoms with Gasteiger partial charge in [0.05, 0.1) is 0 Å². The first-order valence-electron chi connectivity index (χ1n) is 7.76. The molecule has 4 bridgehead atoms. The van der Waals surface area contributed by atoms with Crippen LogP contribution in [-0.4, -0.2) is 18.6 Å². The van der Waals surface area contributed by atoms with Crippen LogP contribution in [0.3, 0.4) is 0 Å².